The van der Waals surface area contributed by atoms with Crippen LogP contribution in [0.1, 0.15) is 32.3 Å². The van der Waals surface area contributed by atoms with E-state index >= 15 is 0 Å². The first-order chi connectivity index (χ1) is 10.4. The molecule has 1 atom stereocenters. The van der Waals surface area contributed by atoms with Crippen LogP contribution in [-0.2, 0) is 11.3 Å². The molecule has 1 amide bonds. The van der Waals surface area contributed by atoms with E-state index in [4.69, 9.17) is 0 Å². The average Bonchev–Trinajstić information content (AvgIpc) is 2.51. The molecule has 122 valence electrons. The molecule has 1 aromatic carbocycles. The third-order valence-electron chi connectivity index (χ3n) is 3.55. The zero-order valence-corrected chi connectivity index (χ0v) is 13.4. The highest BCUT2D eigenvalue weighted by atomic mass is 32.2. The summed E-state index contributed by atoms with van der Waals surface area (Å²) < 4.78 is 41.6. The number of nitrogens with one attached hydrogen (secondary N) is 1. The molecule has 1 unspecified atom stereocenters. The van der Waals surface area contributed by atoms with E-state index in [9.17, 15) is 18.0 Å². The highest BCUT2D eigenvalue weighted by Gasteiger charge is 2.31. The van der Waals surface area contributed by atoms with Crippen molar-refractivity contribution >= 4 is 17.9 Å². The first-order valence-electron chi connectivity index (χ1n) is 7.23. The van der Waals surface area contributed by atoms with Crippen molar-refractivity contribution in [3.63, 3.8) is 0 Å². The van der Waals surface area contributed by atoms with Gasteiger partial charge in [-0.25, -0.2) is 17.5 Å². The Kier molecular flexibility index (Phi) is 5.74. The molecule has 22 heavy (non-hydrogen) atoms. The van der Waals surface area contributed by atoms with Crippen molar-refractivity contribution in [2.75, 3.05) is 5.75 Å². The van der Waals surface area contributed by atoms with Gasteiger partial charge in [0.25, 0.3) is 0 Å². The lowest BCUT2D eigenvalue weighted by atomic mass is 10.1. The van der Waals surface area contributed by atoms with Gasteiger partial charge in [0.15, 0.2) is 17.5 Å². The topological polar surface area (TPSA) is 32.3 Å². The van der Waals surface area contributed by atoms with Gasteiger partial charge in [-0.15, -0.1) is 0 Å². The van der Waals surface area contributed by atoms with Gasteiger partial charge in [0.1, 0.15) is 0 Å². The fourth-order valence-electron chi connectivity index (χ4n) is 2.42. The molecule has 3 nitrogen and oxygen atoms in total. The first-order valence-corrected chi connectivity index (χ1v) is 8.17. The molecular formula is C15H19F3N2OS. The fraction of sp³-hybridized carbons (Fsp3) is 0.533. The molecule has 1 saturated heterocycles. The lowest BCUT2D eigenvalue weighted by molar-refractivity contribution is -0.125. The number of benzene rings is 1. The predicted molar refractivity (Wildman–Crippen MR) is 80.6 cm³/mol. The van der Waals surface area contributed by atoms with Gasteiger partial charge in [-0.3, -0.25) is 4.79 Å². The van der Waals surface area contributed by atoms with Crippen LogP contribution in [-0.4, -0.2) is 28.0 Å². The van der Waals surface area contributed by atoms with E-state index in [2.05, 4.69) is 5.32 Å². The van der Waals surface area contributed by atoms with Crippen LogP contribution in [0.25, 0.3) is 0 Å². The lowest BCUT2D eigenvalue weighted by Gasteiger charge is -2.36. The Morgan fingerprint density at radius 3 is 2.77 bits per heavy atom. The van der Waals surface area contributed by atoms with Gasteiger partial charge in [0.05, 0.1) is 6.04 Å². The number of halogens is 3. The SMILES string of the molecule is CC(C)N1SCCCC1C(=O)NCc1ccc(F)c(F)c1F. The van der Waals surface area contributed by atoms with Crippen LogP contribution in [0.4, 0.5) is 13.2 Å². The van der Waals surface area contributed by atoms with Gasteiger partial charge < -0.3 is 5.32 Å². The molecule has 1 aromatic rings. The zero-order valence-electron chi connectivity index (χ0n) is 12.5. The van der Waals surface area contributed by atoms with Crippen LogP contribution in [0.15, 0.2) is 12.1 Å². The average molecular weight is 332 g/mol. The molecular weight excluding hydrogens is 313 g/mol. The molecule has 0 spiro atoms. The standard InChI is InChI=1S/C15H19F3N2OS/c1-9(2)20-12(4-3-7-22-20)15(21)19-8-10-5-6-11(16)14(18)13(10)17/h5-6,9,12H,3-4,7-8H2,1-2H3,(H,19,21). The smallest absolute Gasteiger partial charge is 0.238 e. The van der Waals surface area contributed by atoms with E-state index in [0.29, 0.717) is 0 Å². The number of hydrogen-bond acceptors (Lipinski definition) is 3. The van der Waals surface area contributed by atoms with Crippen molar-refractivity contribution in [1.82, 2.24) is 9.62 Å². The van der Waals surface area contributed by atoms with Crippen LogP contribution in [0.2, 0.25) is 0 Å². The third-order valence-corrected chi connectivity index (χ3v) is 4.99. The highest BCUT2D eigenvalue weighted by molar-refractivity contribution is 7.97. The van der Waals surface area contributed by atoms with Gasteiger partial charge >= 0.3 is 0 Å². The monoisotopic (exact) mass is 332 g/mol. The normalized spacial score (nSPS) is 19.5. The maximum absolute atomic E-state index is 13.6. The largest absolute Gasteiger partial charge is 0.351 e. The van der Waals surface area contributed by atoms with E-state index < -0.39 is 17.5 Å². The summed E-state index contributed by atoms with van der Waals surface area (Å²) in [6, 6.07) is 1.92. The minimum atomic E-state index is -1.51. The van der Waals surface area contributed by atoms with E-state index in [-0.39, 0.29) is 30.1 Å². The molecule has 2 rings (SSSR count). The fourth-order valence-corrected chi connectivity index (χ4v) is 3.61. The van der Waals surface area contributed by atoms with E-state index in [1.54, 1.807) is 11.9 Å². The number of rotatable bonds is 4. The van der Waals surface area contributed by atoms with Crippen LogP contribution in [0.3, 0.4) is 0 Å². The molecule has 0 bridgehead atoms. The van der Waals surface area contributed by atoms with Crippen molar-refractivity contribution in [1.29, 1.82) is 0 Å². The molecule has 7 heteroatoms. The Morgan fingerprint density at radius 1 is 1.36 bits per heavy atom. The molecule has 1 N–H and O–H groups in total. The van der Waals surface area contributed by atoms with Gasteiger partial charge in [0, 0.05) is 23.9 Å². The van der Waals surface area contributed by atoms with Crippen molar-refractivity contribution in [3.8, 4) is 0 Å². The Balaban J connectivity index is 2.02. The van der Waals surface area contributed by atoms with Crippen molar-refractivity contribution in [2.45, 2.75) is 45.3 Å². The van der Waals surface area contributed by atoms with Crippen molar-refractivity contribution in [3.05, 3.63) is 35.1 Å². The molecule has 0 aromatic heterocycles. The molecule has 1 aliphatic rings. The maximum Gasteiger partial charge on any atom is 0.238 e. The van der Waals surface area contributed by atoms with Gasteiger partial charge in [0.2, 0.25) is 5.91 Å². The molecule has 0 radical (unpaired) electrons. The van der Waals surface area contributed by atoms with E-state index in [1.807, 2.05) is 18.2 Å². The molecule has 0 aliphatic carbocycles. The summed E-state index contributed by atoms with van der Waals surface area (Å²) in [7, 11) is 0. The molecule has 1 heterocycles. The molecule has 1 aliphatic heterocycles. The Labute approximate surface area is 132 Å². The summed E-state index contributed by atoms with van der Waals surface area (Å²) >= 11 is 1.63. The van der Waals surface area contributed by atoms with Crippen molar-refractivity contribution in [2.24, 2.45) is 0 Å². The Hall–Kier alpha value is -1.21. The lowest BCUT2D eigenvalue weighted by Crippen LogP contribution is -2.48. The number of carbonyl (C=O) groups is 1. The summed E-state index contributed by atoms with van der Waals surface area (Å²) in [6.45, 7) is 3.86. The van der Waals surface area contributed by atoms with Crippen LogP contribution >= 0.6 is 11.9 Å². The number of carbonyl (C=O) groups excluding carboxylic acids is 1. The summed E-state index contributed by atoms with van der Waals surface area (Å²) in [6.07, 6.45) is 1.67. The second kappa shape index (κ2) is 7.37. The van der Waals surface area contributed by atoms with Gasteiger partial charge in [-0.1, -0.05) is 18.0 Å². The summed E-state index contributed by atoms with van der Waals surface area (Å²) in [4.78, 5) is 12.3. The quantitative estimate of drug-likeness (QED) is 0.679. The Bertz CT molecular complexity index is 554. The summed E-state index contributed by atoms with van der Waals surface area (Å²) in [5.74, 6) is -3.24. The second-order valence-electron chi connectivity index (χ2n) is 5.50. The van der Waals surface area contributed by atoms with Crippen LogP contribution in [0.5, 0.6) is 0 Å². The van der Waals surface area contributed by atoms with E-state index in [1.165, 1.54) is 0 Å². The zero-order chi connectivity index (χ0) is 16.3. The first kappa shape index (κ1) is 17.1. The highest BCUT2D eigenvalue weighted by Crippen LogP contribution is 2.28. The molecule has 1 fully saturated rings. The van der Waals surface area contributed by atoms with Crippen LogP contribution < -0.4 is 5.32 Å². The van der Waals surface area contributed by atoms with Gasteiger partial charge in [-0.2, -0.15) is 0 Å². The predicted octanol–water partition coefficient (Wildman–Crippen LogP) is 3.24. The minimum absolute atomic E-state index is 0.0631. The second-order valence-corrected chi connectivity index (χ2v) is 6.59. The van der Waals surface area contributed by atoms with Gasteiger partial charge in [-0.05, 0) is 32.8 Å². The number of amides is 1. The summed E-state index contributed by atoms with van der Waals surface area (Å²) in [5.41, 5.74) is -0.0631. The van der Waals surface area contributed by atoms with Crippen LogP contribution in [0, 0.1) is 17.5 Å². The Morgan fingerprint density at radius 2 is 2.09 bits per heavy atom. The summed E-state index contributed by atoms with van der Waals surface area (Å²) in [5, 5.41) is 2.62. The maximum atomic E-state index is 13.6. The minimum Gasteiger partial charge on any atom is -0.351 e. The van der Waals surface area contributed by atoms with E-state index in [0.717, 1.165) is 30.7 Å². The molecule has 0 saturated carbocycles. The number of hydrogen-bond donors (Lipinski definition) is 1. The third kappa shape index (κ3) is 3.76. The van der Waals surface area contributed by atoms with Crippen molar-refractivity contribution < 1.29 is 18.0 Å². The number of nitrogens with zero attached hydrogens (tertiary/aromatic N) is 1.